The molecule has 0 saturated carbocycles. The van der Waals surface area contributed by atoms with Gasteiger partial charge in [0.05, 0.1) is 0 Å². The molecular weight excluding hydrogens is 320 g/mol. The van der Waals surface area contributed by atoms with Crippen molar-refractivity contribution in [2.24, 2.45) is 0 Å². The molecule has 0 bridgehead atoms. The summed E-state index contributed by atoms with van der Waals surface area (Å²) < 4.78 is 13.8. The number of hydrogen-bond donors (Lipinski definition) is 0. The largest absolute Gasteiger partial charge is 0.287 e. The Morgan fingerprint density at radius 3 is 2.69 bits per heavy atom. The van der Waals surface area contributed by atoms with Crippen molar-refractivity contribution in [3.8, 4) is 0 Å². The number of benzene rings is 1. The molecule has 2 rings (SSSR count). The summed E-state index contributed by atoms with van der Waals surface area (Å²) in [6.07, 6.45) is 1.54. The van der Waals surface area contributed by atoms with Gasteiger partial charge in [-0.05, 0) is 52.9 Å². The summed E-state index contributed by atoms with van der Waals surface area (Å²) in [5, 5.41) is 0. The molecule has 0 unspecified atom stereocenters. The van der Waals surface area contributed by atoms with Gasteiger partial charge in [0.2, 0.25) is 5.78 Å². The monoisotopic (exact) mass is 327 g/mol. The Morgan fingerprint density at radius 1 is 1.25 bits per heavy atom. The van der Waals surface area contributed by atoms with Gasteiger partial charge in [-0.15, -0.1) is 0 Å². The fourth-order valence-corrected chi connectivity index (χ4v) is 1.62. The van der Waals surface area contributed by atoms with Crippen LogP contribution in [0.2, 0.25) is 0 Å². The summed E-state index contributed by atoms with van der Waals surface area (Å²) in [6.45, 7) is 0. The number of aromatic nitrogens is 1. The minimum atomic E-state index is -0.387. The summed E-state index contributed by atoms with van der Waals surface area (Å²) in [4.78, 5) is 15.8. The zero-order chi connectivity index (χ0) is 11.5. The van der Waals surface area contributed by atoms with E-state index in [1.54, 1.807) is 30.3 Å². The summed E-state index contributed by atoms with van der Waals surface area (Å²) in [7, 11) is 0. The molecule has 0 spiro atoms. The van der Waals surface area contributed by atoms with Crippen LogP contribution in [0.1, 0.15) is 16.1 Å². The van der Waals surface area contributed by atoms with Gasteiger partial charge in [0.25, 0.3) is 0 Å². The molecule has 4 heteroatoms. The van der Waals surface area contributed by atoms with Gasteiger partial charge in [0.1, 0.15) is 11.5 Å². The molecule has 0 saturated heterocycles. The summed E-state index contributed by atoms with van der Waals surface area (Å²) >= 11 is 1.88. The van der Waals surface area contributed by atoms with Crippen molar-refractivity contribution in [1.29, 1.82) is 0 Å². The summed E-state index contributed by atoms with van der Waals surface area (Å²) in [5.74, 6) is -0.654. The van der Waals surface area contributed by atoms with E-state index >= 15 is 0 Å². The standard InChI is InChI=1S/C12H7FINO/c13-9-7-8(4-5-10(9)14)12(16)11-3-1-2-6-15-11/h1-7H. The third-order valence-electron chi connectivity index (χ3n) is 2.08. The van der Waals surface area contributed by atoms with Crippen molar-refractivity contribution >= 4 is 28.4 Å². The molecule has 0 aliphatic heterocycles. The van der Waals surface area contributed by atoms with Crippen LogP contribution in [0.15, 0.2) is 42.6 Å². The highest BCUT2D eigenvalue weighted by Gasteiger charge is 2.11. The smallest absolute Gasteiger partial charge is 0.211 e. The van der Waals surface area contributed by atoms with E-state index in [1.165, 1.54) is 12.3 Å². The zero-order valence-corrected chi connectivity index (χ0v) is 10.3. The van der Waals surface area contributed by atoms with Crippen molar-refractivity contribution in [2.45, 2.75) is 0 Å². The number of carbonyl (C=O) groups excluding carboxylic acids is 1. The normalized spacial score (nSPS) is 10.1. The second kappa shape index (κ2) is 4.69. The van der Waals surface area contributed by atoms with E-state index in [4.69, 9.17) is 0 Å². The van der Waals surface area contributed by atoms with Gasteiger partial charge in [-0.2, -0.15) is 0 Å². The van der Waals surface area contributed by atoms with Gasteiger partial charge in [0.15, 0.2) is 0 Å². The molecule has 80 valence electrons. The van der Waals surface area contributed by atoms with Gasteiger partial charge in [0, 0.05) is 15.3 Å². The maximum atomic E-state index is 13.3. The zero-order valence-electron chi connectivity index (χ0n) is 8.15. The average molecular weight is 327 g/mol. The first-order chi connectivity index (χ1) is 7.68. The molecule has 0 fully saturated rings. The molecule has 0 radical (unpaired) electrons. The Hall–Kier alpha value is -1.30. The van der Waals surface area contributed by atoms with Crippen LogP contribution < -0.4 is 0 Å². The molecular formula is C12H7FINO. The maximum absolute atomic E-state index is 13.3. The molecule has 0 N–H and O–H groups in total. The van der Waals surface area contributed by atoms with E-state index in [1.807, 2.05) is 22.6 Å². The van der Waals surface area contributed by atoms with Crippen molar-refractivity contribution in [2.75, 3.05) is 0 Å². The van der Waals surface area contributed by atoms with Crippen LogP contribution in [0.3, 0.4) is 0 Å². The lowest BCUT2D eigenvalue weighted by atomic mass is 10.1. The van der Waals surface area contributed by atoms with Crippen LogP contribution in [-0.2, 0) is 0 Å². The van der Waals surface area contributed by atoms with E-state index in [9.17, 15) is 9.18 Å². The van der Waals surface area contributed by atoms with Crippen molar-refractivity contribution in [1.82, 2.24) is 4.98 Å². The van der Waals surface area contributed by atoms with E-state index in [0.29, 0.717) is 14.8 Å². The maximum Gasteiger partial charge on any atom is 0.211 e. The van der Waals surface area contributed by atoms with E-state index in [0.717, 1.165) is 0 Å². The SMILES string of the molecule is O=C(c1ccc(I)c(F)c1)c1ccccn1. The van der Waals surface area contributed by atoms with E-state index in [2.05, 4.69) is 4.98 Å². The first kappa shape index (κ1) is 11.2. The third-order valence-corrected chi connectivity index (χ3v) is 2.95. The van der Waals surface area contributed by atoms with Crippen molar-refractivity contribution < 1.29 is 9.18 Å². The molecule has 16 heavy (non-hydrogen) atoms. The Morgan fingerprint density at radius 2 is 2.06 bits per heavy atom. The number of hydrogen-bond acceptors (Lipinski definition) is 2. The molecule has 0 amide bonds. The second-order valence-corrected chi connectivity index (χ2v) is 4.34. The van der Waals surface area contributed by atoms with E-state index in [-0.39, 0.29) is 11.6 Å². The molecule has 0 atom stereocenters. The van der Waals surface area contributed by atoms with Crippen LogP contribution >= 0.6 is 22.6 Å². The third kappa shape index (κ3) is 2.27. The molecule has 2 nitrogen and oxygen atoms in total. The molecule has 1 aromatic carbocycles. The Labute approximate surface area is 106 Å². The lowest BCUT2D eigenvalue weighted by molar-refractivity contribution is 0.103. The molecule has 0 aliphatic carbocycles. The number of halogens is 2. The Kier molecular flexibility index (Phi) is 3.28. The van der Waals surface area contributed by atoms with Gasteiger partial charge < -0.3 is 0 Å². The number of nitrogens with zero attached hydrogens (tertiary/aromatic N) is 1. The highest BCUT2D eigenvalue weighted by Crippen LogP contribution is 2.14. The van der Waals surface area contributed by atoms with E-state index < -0.39 is 0 Å². The van der Waals surface area contributed by atoms with Crippen LogP contribution in [-0.4, -0.2) is 10.8 Å². The van der Waals surface area contributed by atoms with Crippen molar-refractivity contribution in [3.63, 3.8) is 0 Å². The molecule has 1 heterocycles. The van der Waals surface area contributed by atoms with Crippen LogP contribution in [0.5, 0.6) is 0 Å². The highest BCUT2D eigenvalue weighted by molar-refractivity contribution is 14.1. The number of rotatable bonds is 2. The predicted molar refractivity (Wildman–Crippen MR) is 66.8 cm³/mol. The lowest BCUT2D eigenvalue weighted by Gasteiger charge is -2.01. The topological polar surface area (TPSA) is 30.0 Å². The van der Waals surface area contributed by atoms with Crippen LogP contribution in [0, 0.1) is 9.39 Å². The first-order valence-electron chi connectivity index (χ1n) is 4.59. The van der Waals surface area contributed by atoms with Crippen LogP contribution in [0.25, 0.3) is 0 Å². The number of carbonyl (C=O) groups is 1. The molecule has 2 aromatic rings. The Balaban J connectivity index is 2.39. The summed E-state index contributed by atoms with van der Waals surface area (Å²) in [6, 6.07) is 9.47. The molecule has 1 aromatic heterocycles. The van der Waals surface area contributed by atoms with Gasteiger partial charge in [-0.1, -0.05) is 6.07 Å². The van der Waals surface area contributed by atoms with Gasteiger partial charge in [-0.25, -0.2) is 4.39 Å². The Bertz CT molecular complexity index is 528. The fraction of sp³-hybridized carbons (Fsp3) is 0. The molecule has 0 aliphatic rings. The first-order valence-corrected chi connectivity index (χ1v) is 5.67. The number of ketones is 1. The van der Waals surface area contributed by atoms with Gasteiger partial charge in [-0.3, -0.25) is 9.78 Å². The van der Waals surface area contributed by atoms with Crippen LogP contribution in [0.4, 0.5) is 4.39 Å². The van der Waals surface area contributed by atoms with Crippen molar-refractivity contribution in [3.05, 3.63) is 63.2 Å². The number of pyridine rings is 1. The summed E-state index contributed by atoms with van der Waals surface area (Å²) in [5.41, 5.74) is 0.639. The lowest BCUT2D eigenvalue weighted by Crippen LogP contribution is -2.04. The minimum Gasteiger partial charge on any atom is -0.287 e. The quantitative estimate of drug-likeness (QED) is 0.627. The minimum absolute atomic E-state index is 0.268. The second-order valence-electron chi connectivity index (χ2n) is 3.17. The van der Waals surface area contributed by atoms with Gasteiger partial charge >= 0.3 is 0 Å². The predicted octanol–water partition coefficient (Wildman–Crippen LogP) is 3.06. The highest BCUT2D eigenvalue weighted by atomic mass is 127. The average Bonchev–Trinajstić information content (AvgIpc) is 2.33. The fourth-order valence-electron chi connectivity index (χ4n) is 1.28.